The molecule has 1 amide bonds. The van der Waals surface area contributed by atoms with E-state index in [9.17, 15) is 9.59 Å². The molecule has 33 heavy (non-hydrogen) atoms. The van der Waals surface area contributed by atoms with E-state index in [2.05, 4.69) is 25.3 Å². The molecule has 3 aromatic heterocycles. The first-order valence-electron chi connectivity index (χ1n) is 10.2. The Morgan fingerprint density at radius 1 is 1.12 bits per heavy atom. The van der Waals surface area contributed by atoms with Gasteiger partial charge in [-0.25, -0.2) is 19.9 Å². The molecule has 0 aliphatic carbocycles. The number of thioether (sulfide) groups is 1. The van der Waals surface area contributed by atoms with Gasteiger partial charge in [0.1, 0.15) is 22.7 Å². The second-order valence-corrected chi connectivity index (χ2v) is 8.37. The van der Waals surface area contributed by atoms with Crippen molar-refractivity contribution in [2.75, 3.05) is 5.32 Å². The third-order valence-corrected chi connectivity index (χ3v) is 6.14. The number of carbonyl (C=O) groups is 1. The second-order valence-electron chi connectivity index (χ2n) is 7.40. The lowest BCUT2D eigenvalue weighted by atomic mass is 10.1. The molecule has 5 rings (SSSR count). The van der Waals surface area contributed by atoms with Crippen LogP contribution in [0.25, 0.3) is 27.8 Å². The molecule has 0 unspecified atom stereocenters. The predicted octanol–water partition coefficient (Wildman–Crippen LogP) is 3.61. The highest BCUT2D eigenvalue weighted by molar-refractivity contribution is 7.98. The second kappa shape index (κ2) is 8.47. The first-order chi connectivity index (χ1) is 16.0. The van der Waals surface area contributed by atoms with Crippen molar-refractivity contribution in [2.24, 2.45) is 0 Å². The van der Waals surface area contributed by atoms with Crippen LogP contribution < -0.4 is 10.9 Å². The van der Waals surface area contributed by atoms with E-state index < -0.39 is 0 Å². The predicted molar refractivity (Wildman–Crippen MR) is 128 cm³/mol. The SMILES string of the molecule is CC(=O)Nc1ccccc1-n1c(CSc2ncnc3nc[nH]c23)nc2cccc(C)c2c1=O. The number of aromatic nitrogens is 6. The lowest BCUT2D eigenvalue weighted by Gasteiger charge is -2.17. The van der Waals surface area contributed by atoms with Gasteiger partial charge in [-0.15, -0.1) is 0 Å². The third kappa shape index (κ3) is 3.85. The molecule has 0 fully saturated rings. The molecule has 0 atom stereocenters. The van der Waals surface area contributed by atoms with Crippen molar-refractivity contribution in [1.82, 2.24) is 29.5 Å². The fraction of sp³-hybridized carbons (Fsp3) is 0.130. The van der Waals surface area contributed by atoms with Gasteiger partial charge < -0.3 is 10.3 Å². The number of benzene rings is 2. The van der Waals surface area contributed by atoms with Gasteiger partial charge in [-0.3, -0.25) is 14.2 Å². The Kier molecular flexibility index (Phi) is 5.35. The van der Waals surface area contributed by atoms with Gasteiger partial charge in [-0.2, -0.15) is 0 Å². The van der Waals surface area contributed by atoms with E-state index in [1.54, 1.807) is 23.0 Å². The van der Waals surface area contributed by atoms with Crippen LogP contribution in [0.4, 0.5) is 5.69 Å². The average molecular weight is 458 g/mol. The van der Waals surface area contributed by atoms with E-state index in [4.69, 9.17) is 4.98 Å². The minimum absolute atomic E-state index is 0.194. The maximum absolute atomic E-state index is 13.8. The molecule has 0 aliphatic rings. The van der Waals surface area contributed by atoms with Crippen molar-refractivity contribution in [3.05, 3.63) is 76.9 Å². The van der Waals surface area contributed by atoms with Crippen LogP contribution in [-0.2, 0) is 10.5 Å². The van der Waals surface area contributed by atoms with E-state index in [0.29, 0.717) is 44.5 Å². The maximum Gasteiger partial charge on any atom is 0.266 e. The number of rotatable bonds is 5. The zero-order valence-electron chi connectivity index (χ0n) is 17.9. The van der Waals surface area contributed by atoms with Crippen LogP contribution in [0.1, 0.15) is 18.3 Å². The van der Waals surface area contributed by atoms with E-state index in [-0.39, 0.29) is 11.5 Å². The largest absolute Gasteiger partial charge is 0.341 e. The van der Waals surface area contributed by atoms with Crippen molar-refractivity contribution in [2.45, 2.75) is 24.6 Å². The minimum Gasteiger partial charge on any atom is -0.341 e. The molecule has 0 spiro atoms. The number of hydrogen-bond acceptors (Lipinski definition) is 7. The molecular formula is C23H19N7O2S. The summed E-state index contributed by atoms with van der Waals surface area (Å²) >= 11 is 1.43. The van der Waals surface area contributed by atoms with Gasteiger partial charge in [0.25, 0.3) is 5.56 Å². The van der Waals surface area contributed by atoms with Gasteiger partial charge in [0.15, 0.2) is 5.65 Å². The van der Waals surface area contributed by atoms with Crippen molar-refractivity contribution >= 4 is 45.4 Å². The first-order valence-corrected chi connectivity index (χ1v) is 11.2. The number of amides is 1. The van der Waals surface area contributed by atoms with Gasteiger partial charge in [0.05, 0.1) is 34.4 Å². The van der Waals surface area contributed by atoms with E-state index in [0.717, 1.165) is 11.1 Å². The molecule has 0 saturated carbocycles. The van der Waals surface area contributed by atoms with Crippen LogP contribution >= 0.6 is 11.8 Å². The lowest BCUT2D eigenvalue weighted by molar-refractivity contribution is -0.114. The molecule has 0 radical (unpaired) electrons. The number of nitrogens with zero attached hydrogens (tertiary/aromatic N) is 5. The molecule has 10 heteroatoms. The summed E-state index contributed by atoms with van der Waals surface area (Å²) in [6.45, 7) is 3.32. The number of nitrogens with one attached hydrogen (secondary N) is 2. The summed E-state index contributed by atoms with van der Waals surface area (Å²) in [5.74, 6) is 0.671. The Morgan fingerprint density at radius 3 is 2.82 bits per heavy atom. The van der Waals surface area contributed by atoms with E-state index >= 15 is 0 Å². The van der Waals surface area contributed by atoms with Gasteiger partial charge >= 0.3 is 0 Å². The number of imidazole rings is 1. The molecule has 0 bridgehead atoms. The Morgan fingerprint density at radius 2 is 1.97 bits per heavy atom. The normalized spacial score (nSPS) is 11.2. The molecule has 164 valence electrons. The van der Waals surface area contributed by atoms with Gasteiger partial charge in [0, 0.05) is 6.92 Å². The topological polar surface area (TPSA) is 118 Å². The van der Waals surface area contributed by atoms with Crippen LogP contribution in [0.15, 0.2) is 64.9 Å². The van der Waals surface area contributed by atoms with Crippen LogP contribution in [0.5, 0.6) is 0 Å². The first kappa shape index (κ1) is 20.8. The molecule has 0 aliphatic heterocycles. The van der Waals surface area contributed by atoms with Crippen molar-refractivity contribution in [3.8, 4) is 5.69 Å². The van der Waals surface area contributed by atoms with Crippen molar-refractivity contribution in [1.29, 1.82) is 0 Å². The number of H-pyrrole nitrogens is 1. The van der Waals surface area contributed by atoms with Crippen LogP contribution in [0, 0.1) is 6.92 Å². The fourth-order valence-corrected chi connectivity index (χ4v) is 4.61. The zero-order chi connectivity index (χ0) is 22.9. The number of anilines is 1. The van der Waals surface area contributed by atoms with Gasteiger partial charge in [0.2, 0.25) is 5.91 Å². The smallest absolute Gasteiger partial charge is 0.266 e. The van der Waals surface area contributed by atoms with Crippen molar-refractivity contribution < 1.29 is 4.79 Å². The van der Waals surface area contributed by atoms with E-state index in [1.165, 1.54) is 25.0 Å². The van der Waals surface area contributed by atoms with Crippen LogP contribution in [0.2, 0.25) is 0 Å². The van der Waals surface area contributed by atoms with Gasteiger partial charge in [-0.1, -0.05) is 36.0 Å². The summed E-state index contributed by atoms with van der Waals surface area (Å²) in [7, 11) is 0. The van der Waals surface area contributed by atoms with E-state index in [1.807, 2.05) is 37.3 Å². The number of fused-ring (bicyclic) bond motifs is 2. The summed E-state index contributed by atoms with van der Waals surface area (Å²) in [6.07, 6.45) is 3.03. The molecule has 2 aromatic carbocycles. The highest BCUT2D eigenvalue weighted by Crippen LogP contribution is 2.28. The summed E-state index contributed by atoms with van der Waals surface area (Å²) in [5, 5.41) is 4.07. The Balaban J connectivity index is 1.69. The molecule has 3 heterocycles. The zero-order valence-corrected chi connectivity index (χ0v) is 18.7. The van der Waals surface area contributed by atoms with Gasteiger partial charge in [-0.05, 0) is 30.7 Å². The molecule has 5 aromatic rings. The lowest BCUT2D eigenvalue weighted by Crippen LogP contribution is -2.25. The third-order valence-electron chi connectivity index (χ3n) is 5.16. The fourth-order valence-electron chi connectivity index (χ4n) is 3.74. The number of hydrogen-bond donors (Lipinski definition) is 2. The summed E-state index contributed by atoms with van der Waals surface area (Å²) in [5.41, 5.74) is 3.66. The minimum atomic E-state index is -0.223. The number of carbonyl (C=O) groups excluding carboxylic acids is 1. The quantitative estimate of drug-likeness (QED) is 0.306. The number of aromatic amines is 1. The summed E-state index contributed by atoms with van der Waals surface area (Å²) < 4.78 is 1.57. The number of aryl methyl sites for hydroxylation is 1. The van der Waals surface area contributed by atoms with Crippen LogP contribution in [-0.4, -0.2) is 35.4 Å². The number of para-hydroxylation sites is 2. The Labute approximate surface area is 192 Å². The maximum atomic E-state index is 13.8. The summed E-state index contributed by atoms with van der Waals surface area (Å²) in [6, 6.07) is 12.8. The highest BCUT2D eigenvalue weighted by Gasteiger charge is 2.18. The molecular weight excluding hydrogens is 438 g/mol. The Hall–Kier alpha value is -4.05. The molecule has 9 nitrogen and oxygen atoms in total. The van der Waals surface area contributed by atoms with Crippen molar-refractivity contribution in [3.63, 3.8) is 0 Å². The highest BCUT2D eigenvalue weighted by atomic mass is 32.2. The standard InChI is InChI=1S/C23H19N7O2S/c1-13-6-5-8-16-19(13)23(32)30(17-9-4-3-7-15(17)28-14(2)31)18(29-16)10-33-22-20-21(25-11-24-20)26-12-27-22/h3-9,11-12H,10H2,1-2H3,(H,28,31)(H,24,25,26,27). The summed E-state index contributed by atoms with van der Waals surface area (Å²) in [4.78, 5) is 46.1. The Bertz CT molecular complexity index is 1570. The average Bonchev–Trinajstić information content (AvgIpc) is 3.27. The monoisotopic (exact) mass is 457 g/mol. The molecule has 2 N–H and O–H groups in total. The molecule has 0 saturated heterocycles. The van der Waals surface area contributed by atoms with Crippen LogP contribution in [0.3, 0.4) is 0 Å².